The van der Waals surface area contributed by atoms with Gasteiger partial charge in [-0.05, 0) is 67.6 Å². The number of ether oxygens (including phenoxy) is 3. The van der Waals surface area contributed by atoms with E-state index in [1.54, 1.807) is 24.3 Å². The third-order valence-electron chi connectivity index (χ3n) is 4.63. The number of hydrazine groups is 1. The summed E-state index contributed by atoms with van der Waals surface area (Å²) in [7, 11) is 1.53. The number of benzene rings is 3. The SMILES string of the molecule is COc1cccc(NC(=O)COc2ccc(C(=O)NNC(=O)C(C)Oc3ccc(F)cc3)cc2)c1. The molecule has 35 heavy (non-hydrogen) atoms. The third-order valence-corrected chi connectivity index (χ3v) is 4.63. The van der Waals surface area contributed by atoms with Gasteiger partial charge in [-0.3, -0.25) is 25.2 Å². The molecule has 3 rings (SSSR count). The highest BCUT2D eigenvalue weighted by Gasteiger charge is 2.16. The highest BCUT2D eigenvalue weighted by Crippen LogP contribution is 2.17. The van der Waals surface area contributed by atoms with E-state index in [0.29, 0.717) is 22.9 Å². The van der Waals surface area contributed by atoms with Crippen molar-refractivity contribution in [3.05, 3.63) is 84.2 Å². The molecule has 0 radical (unpaired) electrons. The first-order valence-electron chi connectivity index (χ1n) is 10.5. The molecule has 0 aliphatic heterocycles. The fraction of sp³-hybridized carbons (Fsp3) is 0.160. The number of anilines is 1. The summed E-state index contributed by atoms with van der Waals surface area (Å²) in [6, 6.07) is 18.1. The molecule has 0 saturated heterocycles. The summed E-state index contributed by atoms with van der Waals surface area (Å²) in [6.07, 6.45) is -0.931. The molecule has 3 aromatic carbocycles. The van der Waals surface area contributed by atoms with Gasteiger partial charge in [-0.15, -0.1) is 0 Å². The highest BCUT2D eigenvalue weighted by atomic mass is 19.1. The maximum absolute atomic E-state index is 12.9. The molecule has 0 aromatic heterocycles. The van der Waals surface area contributed by atoms with Gasteiger partial charge in [0.25, 0.3) is 17.7 Å². The summed E-state index contributed by atoms with van der Waals surface area (Å²) >= 11 is 0. The second-order valence-corrected chi connectivity index (χ2v) is 7.25. The zero-order valence-electron chi connectivity index (χ0n) is 19.0. The Labute approximate surface area is 201 Å². The van der Waals surface area contributed by atoms with Gasteiger partial charge < -0.3 is 19.5 Å². The first-order chi connectivity index (χ1) is 16.8. The van der Waals surface area contributed by atoms with Gasteiger partial charge in [0.05, 0.1) is 7.11 Å². The summed E-state index contributed by atoms with van der Waals surface area (Å²) in [5, 5.41) is 2.70. The van der Waals surface area contributed by atoms with E-state index in [1.807, 2.05) is 0 Å². The Morgan fingerprint density at radius 2 is 1.57 bits per heavy atom. The molecule has 0 aliphatic carbocycles. The fourth-order valence-corrected chi connectivity index (χ4v) is 2.81. The number of methoxy groups -OCH3 is 1. The number of rotatable bonds is 9. The van der Waals surface area contributed by atoms with Crippen molar-refractivity contribution in [3.63, 3.8) is 0 Å². The topological polar surface area (TPSA) is 115 Å². The molecule has 182 valence electrons. The molecule has 3 N–H and O–H groups in total. The lowest BCUT2D eigenvalue weighted by Gasteiger charge is -2.15. The predicted octanol–water partition coefficient (Wildman–Crippen LogP) is 3.08. The lowest BCUT2D eigenvalue weighted by molar-refractivity contribution is -0.128. The van der Waals surface area contributed by atoms with Crippen LogP contribution in [0.2, 0.25) is 0 Å². The predicted molar refractivity (Wildman–Crippen MR) is 126 cm³/mol. The average molecular weight is 481 g/mol. The smallest absolute Gasteiger partial charge is 0.279 e. The largest absolute Gasteiger partial charge is 0.497 e. The van der Waals surface area contributed by atoms with Crippen LogP contribution in [0, 0.1) is 5.82 Å². The van der Waals surface area contributed by atoms with Crippen molar-refractivity contribution in [2.45, 2.75) is 13.0 Å². The van der Waals surface area contributed by atoms with Gasteiger partial charge in [0.15, 0.2) is 12.7 Å². The summed E-state index contributed by atoms with van der Waals surface area (Å²) < 4.78 is 28.9. The number of carbonyl (C=O) groups excluding carboxylic acids is 3. The average Bonchev–Trinajstić information content (AvgIpc) is 2.87. The van der Waals surface area contributed by atoms with Crippen LogP contribution < -0.4 is 30.4 Å². The lowest BCUT2D eigenvalue weighted by Crippen LogP contribution is -2.47. The van der Waals surface area contributed by atoms with Crippen molar-refractivity contribution in [3.8, 4) is 17.2 Å². The van der Waals surface area contributed by atoms with Crippen molar-refractivity contribution < 1.29 is 33.0 Å². The number of hydrogen-bond donors (Lipinski definition) is 3. The van der Waals surface area contributed by atoms with E-state index in [4.69, 9.17) is 14.2 Å². The zero-order valence-corrected chi connectivity index (χ0v) is 19.0. The molecule has 1 atom stereocenters. The van der Waals surface area contributed by atoms with Crippen LogP contribution in [-0.4, -0.2) is 37.5 Å². The van der Waals surface area contributed by atoms with E-state index in [0.717, 1.165) is 0 Å². The minimum atomic E-state index is -0.931. The summed E-state index contributed by atoms with van der Waals surface area (Å²) in [4.78, 5) is 36.5. The van der Waals surface area contributed by atoms with Crippen LogP contribution in [0.3, 0.4) is 0 Å². The quantitative estimate of drug-likeness (QED) is 0.405. The lowest BCUT2D eigenvalue weighted by atomic mass is 10.2. The van der Waals surface area contributed by atoms with Crippen molar-refractivity contribution in [1.82, 2.24) is 10.9 Å². The van der Waals surface area contributed by atoms with Crippen LogP contribution >= 0.6 is 0 Å². The molecule has 0 bridgehead atoms. The maximum atomic E-state index is 12.9. The Hall–Kier alpha value is -4.60. The van der Waals surface area contributed by atoms with Crippen LogP contribution in [0.5, 0.6) is 17.2 Å². The number of carbonyl (C=O) groups is 3. The van der Waals surface area contributed by atoms with Crippen LogP contribution in [0.1, 0.15) is 17.3 Å². The summed E-state index contributed by atoms with van der Waals surface area (Å²) in [5.41, 5.74) is 5.38. The minimum Gasteiger partial charge on any atom is -0.497 e. The molecule has 0 fully saturated rings. The molecule has 0 spiro atoms. The Bertz CT molecular complexity index is 1170. The first-order valence-corrected chi connectivity index (χ1v) is 10.5. The van der Waals surface area contributed by atoms with Gasteiger partial charge in [-0.1, -0.05) is 6.07 Å². The van der Waals surface area contributed by atoms with Gasteiger partial charge in [0, 0.05) is 17.3 Å². The van der Waals surface area contributed by atoms with Gasteiger partial charge in [-0.2, -0.15) is 0 Å². The maximum Gasteiger partial charge on any atom is 0.279 e. The minimum absolute atomic E-state index is 0.231. The Kier molecular flexibility index (Phi) is 8.60. The van der Waals surface area contributed by atoms with Crippen LogP contribution in [0.25, 0.3) is 0 Å². The van der Waals surface area contributed by atoms with Gasteiger partial charge in [-0.25, -0.2) is 4.39 Å². The Balaban J connectivity index is 1.42. The van der Waals surface area contributed by atoms with Gasteiger partial charge >= 0.3 is 0 Å². The van der Waals surface area contributed by atoms with E-state index >= 15 is 0 Å². The number of halogens is 1. The Morgan fingerprint density at radius 3 is 2.26 bits per heavy atom. The Morgan fingerprint density at radius 1 is 0.886 bits per heavy atom. The van der Waals surface area contributed by atoms with Crippen LogP contribution in [0.15, 0.2) is 72.8 Å². The van der Waals surface area contributed by atoms with Crippen molar-refractivity contribution in [1.29, 1.82) is 0 Å². The molecular formula is C25H24FN3O6. The molecule has 0 heterocycles. The normalized spacial score (nSPS) is 11.1. The number of nitrogens with one attached hydrogen (secondary N) is 3. The number of hydrogen-bond acceptors (Lipinski definition) is 6. The van der Waals surface area contributed by atoms with E-state index < -0.39 is 23.7 Å². The summed E-state index contributed by atoms with van der Waals surface area (Å²) in [5.74, 6) is -0.627. The van der Waals surface area contributed by atoms with Crippen molar-refractivity contribution >= 4 is 23.4 Å². The second-order valence-electron chi connectivity index (χ2n) is 7.25. The molecular weight excluding hydrogens is 457 g/mol. The van der Waals surface area contributed by atoms with Crippen molar-refractivity contribution in [2.24, 2.45) is 0 Å². The van der Waals surface area contributed by atoms with E-state index in [2.05, 4.69) is 16.2 Å². The monoisotopic (exact) mass is 481 g/mol. The van der Waals surface area contributed by atoms with Gasteiger partial charge in [0.2, 0.25) is 0 Å². The van der Waals surface area contributed by atoms with Gasteiger partial charge in [0.1, 0.15) is 23.1 Å². The van der Waals surface area contributed by atoms with E-state index in [-0.39, 0.29) is 18.1 Å². The second kappa shape index (κ2) is 12.0. The standard InChI is InChI=1S/C25H24FN3O6/c1-16(35-21-12-8-18(26)9-13-21)24(31)28-29-25(32)17-6-10-20(11-7-17)34-15-23(30)27-19-4-3-5-22(14-19)33-2/h3-14,16H,15H2,1-2H3,(H,27,30)(H,28,31)(H,29,32). The third kappa shape index (κ3) is 7.74. The van der Waals surface area contributed by atoms with E-state index in [9.17, 15) is 18.8 Å². The molecule has 3 amide bonds. The molecule has 10 heteroatoms. The molecule has 0 aliphatic rings. The van der Waals surface area contributed by atoms with E-state index in [1.165, 1.54) is 62.6 Å². The van der Waals surface area contributed by atoms with Crippen molar-refractivity contribution in [2.75, 3.05) is 19.0 Å². The van der Waals surface area contributed by atoms with Crippen LogP contribution in [-0.2, 0) is 9.59 Å². The van der Waals surface area contributed by atoms with Crippen LogP contribution in [0.4, 0.5) is 10.1 Å². The highest BCUT2D eigenvalue weighted by molar-refractivity contribution is 5.96. The zero-order chi connectivity index (χ0) is 25.2. The number of amides is 3. The molecule has 0 saturated carbocycles. The molecule has 3 aromatic rings. The fourth-order valence-electron chi connectivity index (χ4n) is 2.81. The summed E-state index contributed by atoms with van der Waals surface area (Å²) in [6.45, 7) is 1.26. The molecule has 1 unspecified atom stereocenters. The molecule has 9 nitrogen and oxygen atoms in total. The first kappa shape index (κ1) is 25.0.